The number of hydrogen-bond donors (Lipinski definition) is 3. The normalized spacial score (nSPS) is 19.2. The number of H-pyrrole nitrogens is 1. The van der Waals surface area contributed by atoms with Crippen LogP contribution in [0, 0.1) is 5.92 Å². The van der Waals surface area contributed by atoms with Crippen molar-refractivity contribution in [3.05, 3.63) is 44.9 Å². The van der Waals surface area contributed by atoms with E-state index >= 15 is 0 Å². The molecule has 1 saturated carbocycles. The Balaban J connectivity index is 1.60. The van der Waals surface area contributed by atoms with Crippen LogP contribution in [-0.4, -0.2) is 44.4 Å². The van der Waals surface area contributed by atoms with Crippen molar-refractivity contribution >= 4 is 33.0 Å². The van der Waals surface area contributed by atoms with Gasteiger partial charge in [-0.05, 0) is 43.4 Å². The quantitative estimate of drug-likeness (QED) is 0.536. The molecule has 1 aromatic carbocycles. The number of ether oxygens (including phenoxy) is 1. The van der Waals surface area contributed by atoms with Crippen molar-refractivity contribution < 1.29 is 9.84 Å². The van der Waals surface area contributed by atoms with Crippen molar-refractivity contribution in [3.63, 3.8) is 0 Å². The minimum absolute atomic E-state index is 0.203. The third-order valence-electron chi connectivity index (χ3n) is 5.14. The van der Waals surface area contributed by atoms with Gasteiger partial charge in [-0.25, -0.2) is 9.78 Å². The summed E-state index contributed by atoms with van der Waals surface area (Å²) in [6.45, 7) is 1.03. The number of aliphatic hydroxyl groups excluding tert-OH is 1. The Hall–Kier alpha value is -2.39. The van der Waals surface area contributed by atoms with Crippen LogP contribution in [0.5, 0.6) is 5.75 Å². The fraction of sp³-hybridized carbons (Fsp3) is 0.421. The second-order valence-electron chi connectivity index (χ2n) is 7.12. The number of aromatic amines is 1. The van der Waals surface area contributed by atoms with E-state index in [1.165, 1.54) is 0 Å². The van der Waals surface area contributed by atoms with Gasteiger partial charge in [-0.1, -0.05) is 15.9 Å². The summed E-state index contributed by atoms with van der Waals surface area (Å²) in [5.74, 6) is 1.59. The molecule has 2 aromatic heterocycles. The Morgan fingerprint density at radius 3 is 3.04 bits per heavy atom. The third-order valence-corrected chi connectivity index (χ3v) is 5.64. The molecule has 3 aromatic rings. The summed E-state index contributed by atoms with van der Waals surface area (Å²) in [6.07, 6.45) is 4.05. The van der Waals surface area contributed by atoms with Gasteiger partial charge in [-0.15, -0.1) is 0 Å². The number of hydrogen-bond acceptors (Lipinski definition) is 6. The van der Waals surface area contributed by atoms with E-state index in [1.807, 2.05) is 18.2 Å². The summed E-state index contributed by atoms with van der Waals surface area (Å²) >= 11 is 3.46. The van der Waals surface area contributed by atoms with E-state index in [-0.39, 0.29) is 11.8 Å². The molecule has 0 amide bonds. The standard InChI is InChI=1S/C19H22BrN5O3/c1-28-16-5-3-13(20)7-12(16)10-25-17-15(23-19(25)27)9-22-18(24-17)21-8-11-2-4-14(26)6-11/h3,5,7,9,11,14,26H,2,4,6,8,10H2,1H3,(H,23,27)(H,21,22,24)/t11-,14+/m1/s1. The van der Waals surface area contributed by atoms with Crippen molar-refractivity contribution in [2.75, 3.05) is 19.0 Å². The number of nitrogens with zero attached hydrogens (tertiary/aromatic N) is 3. The lowest BCUT2D eigenvalue weighted by Crippen LogP contribution is -2.18. The monoisotopic (exact) mass is 447 g/mol. The highest BCUT2D eigenvalue weighted by atomic mass is 79.9. The maximum absolute atomic E-state index is 12.5. The van der Waals surface area contributed by atoms with Crippen LogP contribution >= 0.6 is 15.9 Å². The highest BCUT2D eigenvalue weighted by Gasteiger charge is 2.22. The first kappa shape index (κ1) is 18.9. The van der Waals surface area contributed by atoms with Crippen LogP contribution in [0.4, 0.5) is 5.95 Å². The molecule has 148 valence electrons. The predicted octanol–water partition coefficient (Wildman–Crippen LogP) is 2.51. The maximum atomic E-state index is 12.5. The molecule has 0 bridgehead atoms. The number of halogens is 1. The van der Waals surface area contributed by atoms with E-state index < -0.39 is 0 Å². The number of rotatable bonds is 6. The summed E-state index contributed by atoms with van der Waals surface area (Å²) in [6, 6.07) is 5.68. The van der Waals surface area contributed by atoms with Gasteiger partial charge in [0.1, 0.15) is 11.3 Å². The Kier molecular flexibility index (Phi) is 5.36. The summed E-state index contributed by atoms with van der Waals surface area (Å²) in [7, 11) is 1.61. The molecule has 0 aliphatic heterocycles. The third kappa shape index (κ3) is 3.90. The van der Waals surface area contributed by atoms with Crippen LogP contribution in [0.1, 0.15) is 24.8 Å². The molecule has 1 aliphatic rings. The van der Waals surface area contributed by atoms with Gasteiger partial charge in [-0.2, -0.15) is 4.98 Å². The van der Waals surface area contributed by atoms with Crippen molar-refractivity contribution in [2.24, 2.45) is 5.92 Å². The van der Waals surface area contributed by atoms with Crippen LogP contribution in [0.2, 0.25) is 0 Å². The minimum atomic E-state index is -0.248. The van der Waals surface area contributed by atoms with Crippen molar-refractivity contribution in [3.8, 4) is 5.75 Å². The zero-order chi connectivity index (χ0) is 19.7. The number of imidazole rings is 1. The molecule has 4 rings (SSSR count). The number of anilines is 1. The maximum Gasteiger partial charge on any atom is 0.328 e. The fourth-order valence-corrected chi connectivity index (χ4v) is 4.10. The topological polar surface area (TPSA) is 105 Å². The fourth-order valence-electron chi connectivity index (χ4n) is 3.69. The lowest BCUT2D eigenvalue weighted by molar-refractivity contribution is 0.178. The molecule has 3 N–H and O–H groups in total. The molecule has 2 heterocycles. The molecular weight excluding hydrogens is 426 g/mol. The lowest BCUT2D eigenvalue weighted by Gasteiger charge is -2.11. The van der Waals surface area contributed by atoms with E-state index in [4.69, 9.17) is 4.74 Å². The zero-order valence-corrected chi connectivity index (χ0v) is 17.1. The zero-order valence-electron chi connectivity index (χ0n) is 15.5. The van der Waals surface area contributed by atoms with Gasteiger partial charge in [0.25, 0.3) is 0 Å². The first-order valence-electron chi connectivity index (χ1n) is 9.23. The van der Waals surface area contributed by atoms with E-state index in [9.17, 15) is 9.90 Å². The molecule has 0 spiro atoms. The van der Waals surface area contributed by atoms with Crippen LogP contribution in [0.15, 0.2) is 33.7 Å². The van der Waals surface area contributed by atoms with Crippen molar-refractivity contribution in [1.29, 1.82) is 0 Å². The average Bonchev–Trinajstić information content (AvgIpc) is 3.23. The first-order valence-corrected chi connectivity index (χ1v) is 10.0. The number of aromatic nitrogens is 4. The number of fused-ring (bicyclic) bond motifs is 1. The van der Waals surface area contributed by atoms with Gasteiger partial charge in [0.05, 0.1) is 26.0 Å². The Morgan fingerprint density at radius 2 is 2.29 bits per heavy atom. The van der Waals surface area contributed by atoms with Gasteiger partial charge in [0, 0.05) is 16.6 Å². The second kappa shape index (κ2) is 7.92. The van der Waals surface area contributed by atoms with Crippen LogP contribution in [0.3, 0.4) is 0 Å². The van der Waals surface area contributed by atoms with E-state index in [0.717, 1.165) is 29.3 Å². The Labute approximate surface area is 170 Å². The summed E-state index contributed by atoms with van der Waals surface area (Å²) in [5, 5.41) is 12.9. The Bertz CT molecular complexity index is 1050. The SMILES string of the molecule is COc1ccc(Br)cc1Cn1c(=O)[nH]c2cnc(NC[C@@H]3CC[C@H](O)C3)nc21. The summed E-state index contributed by atoms with van der Waals surface area (Å²) in [4.78, 5) is 24.1. The highest BCUT2D eigenvalue weighted by molar-refractivity contribution is 9.10. The largest absolute Gasteiger partial charge is 0.496 e. The van der Waals surface area contributed by atoms with E-state index in [1.54, 1.807) is 17.9 Å². The number of methoxy groups -OCH3 is 1. The van der Waals surface area contributed by atoms with E-state index in [0.29, 0.717) is 41.9 Å². The number of nitrogens with one attached hydrogen (secondary N) is 2. The molecule has 28 heavy (non-hydrogen) atoms. The molecule has 0 saturated heterocycles. The smallest absolute Gasteiger partial charge is 0.328 e. The molecule has 9 heteroatoms. The molecule has 0 radical (unpaired) electrons. The first-order chi connectivity index (χ1) is 13.5. The van der Waals surface area contributed by atoms with Gasteiger partial charge < -0.3 is 20.1 Å². The minimum Gasteiger partial charge on any atom is -0.496 e. The van der Waals surface area contributed by atoms with Crippen LogP contribution < -0.4 is 15.7 Å². The van der Waals surface area contributed by atoms with Gasteiger partial charge >= 0.3 is 5.69 Å². The highest BCUT2D eigenvalue weighted by Crippen LogP contribution is 2.26. The lowest BCUT2D eigenvalue weighted by atomic mass is 10.1. The van der Waals surface area contributed by atoms with Gasteiger partial charge in [0.2, 0.25) is 5.95 Å². The molecule has 1 aliphatic carbocycles. The number of aliphatic hydroxyl groups is 1. The number of benzene rings is 1. The molecule has 1 fully saturated rings. The second-order valence-corrected chi connectivity index (χ2v) is 8.03. The van der Waals surface area contributed by atoms with Crippen LogP contribution in [0.25, 0.3) is 11.2 Å². The van der Waals surface area contributed by atoms with Crippen LogP contribution in [-0.2, 0) is 6.54 Å². The summed E-state index contributed by atoms with van der Waals surface area (Å²) in [5.41, 5.74) is 1.74. The van der Waals surface area contributed by atoms with E-state index in [2.05, 4.69) is 36.2 Å². The van der Waals surface area contributed by atoms with Crippen molar-refractivity contribution in [1.82, 2.24) is 19.5 Å². The molecular formula is C19H22BrN5O3. The average molecular weight is 448 g/mol. The molecule has 2 atom stereocenters. The summed E-state index contributed by atoms with van der Waals surface area (Å²) < 4.78 is 7.90. The Morgan fingerprint density at radius 1 is 1.43 bits per heavy atom. The van der Waals surface area contributed by atoms with Gasteiger partial charge in [0.15, 0.2) is 5.65 Å². The predicted molar refractivity (Wildman–Crippen MR) is 110 cm³/mol. The molecule has 8 nitrogen and oxygen atoms in total. The molecule has 0 unspecified atom stereocenters. The van der Waals surface area contributed by atoms with Crippen molar-refractivity contribution in [2.45, 2.75) is 31.9 Å². The van der Waals surface area contributed by atoms with Gasteiger partial charge in [-0.3, -0.25) is 4.57 Å².